The van der Waals surface area contributed by atoms with Gasteiger partial charge in [-0.15, -0.1) is 24.0 Å². The van der Waals surface area contributed by atoms with Crippen LogP contribution in [0.5, 0.6) is 0 Å². The Labute approximate surface area is 168 Å². The summed E-state index contributed by atoms with van der Waals surface area (Å²) in [5.41, 5.74) is 2.73. The zero-order valence-electron chi connectivity index (χ0n) is 13.9. The van der Waals surface area contributed by atoms with Gasteiger partial charge < -0.3 is 0 Å². The Morgan fingerprint density at radius 1 is 1.36 bits per heavy atom. The van der Waals surface area contributed by atoms with Gasteiger partial charge in [-0.3, -0.25) is 14.6 Å². The fourth-order valence-electron chi connectivity index (χ4n) is 2.82. The van der Waals surface area contributed by atoms with Crippen molar-refractivity contribution in [1.82, 2.24) is 0 Å². The van der Waals surface area contributed by atoms with Crippen molar-refractivity contribution in [2.75, 3.05) is 4.90 Å². The number of amides is 2. The van der Waals surface area contributed by atoms with Crippen molar-refractivity contribution in [3.8, 4) is 0 Å². The molecule has 2 aliphatic rings. The Morgan fingerprint density at radius 2 is 2.16 bits per heavy atom. The van der Waals surface area contributed by atoms with E-state index in [1.54, 1.807) is 17.6 Å². The molecule has 6 heteroatoms. The normalized spacial score (nSPS) is 16.8. The predicted molar refractivity (Wildman–Crippen MR) is 114 cm³/mol. The minimum absolute atomic E-state index is 0. The second-order valence-corrected chi connectivity index (χ2v) is 6.73. The summed E-state index contributed by atoms with van der Waals surface area (Å²) in [5.74, 6) is -0.427. The van der Waals surface area contributed by atoms with Crippen molar-refractivity contribution in [3.63, 3.8) is 0 Å². The Kier molecular flexibility index (Phi) is 6.78. The summed E-state index contributed by atoms with van der Waals surface area (Å²) in [7, 11) is 0. The van der Waals surface area contributed by atoms with E-state index in [1.165, 1.54) is 16.7 Å². The smallest absolute Gasteiger partial charge is 0.265 e. The molecule has 0 fully saturated rings. The van der Waals surface area contributed by atoms with Crippen LogP contribution in [0.15, 0.2) is 64.5 Å². The van der Waals surface area contributed by atoms with E-state index in [-0.39, 0.29) is 35.8 Å². The SMILES string of the molecule is C=CSC(C)=NCc1cccc(N2C(=O)C3=C(CCC=C3)C2=O)c1.I. The Bertz CT molecular complexity index is 811. The van der Waals surface area contributed by atoms with E-state index in [4.69, 9.17) is 0 Å². The first-order valence-electron chi connectivity index (χ1n) is 7.78. The van der Waals surface area contributed by atoms with Crippen LogP contribution in [0.3, 0.4) is 0 Å². The summed E-state index contributed by atoms with van der Waals surface area (Å²) in [5, 5.41) is 2.66. The molecule has 130 valence electrons. The first-order chi connectivity index (χ1) is 11.6. The minimum atomic E-state index is -0.231. The monoisotopic (exact) mass is 466 g/mol. The number of nitrogens with zero attached hydrogens (tertiary/aromatic N) is 2. The molecule has 1 aliphatic carbocycles. The average molecular weight is 466 g/mol. The maximum absolute atomic E-state index is 12.6. The van der Waals surface area contributed by atoms with Gasteiger partial charge in [-0.05, 0) is 42.9 Å². The number of hydrogen-bond acceptors (Lipinski definition) is 4. The quantitative estimate of drug-likeness (QED) is 0.282. The van der Waals surface area contributed by atoms with Gasteiger partial charge >= 0.3 is 0 Å². The van der Waals surface area contributed by atoms with E-state index in [2.05, 4.69) is 11.6 Å². The molecule has 2 amide bonds. The van der Waals surface area contributed by atoms with E-state index in [0.717, 1.165) is 17.0 Å². The summed E-state index contributed by atoms with van der Waals surface area (Å²) in [4.78, 5) is 30.9. The molecule has 25 heavy (non-hydrogen) atoms. The molecule has 1 aromatic rings. The molecular weight excluding hydrogens is 447 g/mol. The fourth-order valence-corrected chi connectivity index (χ4v) is 3.20. The van der Waals surface area contributed by atoms with Crippen LogP contribution in [0.25, 0.3) is 0 Å². The number of allylic oxidation sites excluding steroid dienone is 1. The molecule has 0 radical (unpaired) electrons. The molecule has 4 nitrogen and oxygen atoms in total. The van der Waals surface area contributed by atoms with Crippen LogP contribution in [0.2, 0.25) is 0 Å². The number of carbonyl (C=O) groups is 2. The highest BCUT2D eigenvalue weighted by atomic mass is 127. The molecule has 0 spiro atoms. The van der Waals surface area contributed by atoms with Crippen molar-refractivity contribution in [2.24, 2.45) is 4.99 Å². The predicted octanol–water partition coefficient (Wildman–Crippen LogP) is 4.62. The van der Waals surface area contributed by atoms with Gasteiger partial charge in [0, 0.05) is 11.1 Å². The third kappa shape index (κ3) is 4.12. The fraction of sp³-hybridized carbons (Fsp3) is 0.211. The largest absolute Gasteiger partial charge is 0.278 e. The van der Waals surface area contributed by atoms with Gasteiger partial charge in [-0.2, -0.15) is 0 Å². The van der Waals surface area contributed by atoms with Crippen LogP contribution in [-0.2, 0) is 16.1 Å². The summed E-state index contributed by atoms with van der Waals surface area (Å²) in [6.45, 7) is 6.09. The van der Waals surface area contributed by atoms with Gasteiger partial charge in [0.2, 0.25) is 0 Å². The van der Waals surface area contributed by atoms with Crippen LogP contribution in [0.1, 0.15) is 25.3 Å². The lowest BCUT2D eigenvalue weighted by Crippen LogP contribution is -2.31. The highest BCUT2D eigenvalue weighted by Crippen LogP contribution is 2.32. The molecule has 0 saturated heterocycles. The van der Waals surface area contributed by atoms with Crippen LogP contribution >= 0.6 is 35.7 Å². The van der Waals surface area contributed by atoms with Gasteiger partial charge in [-0.25, -0.2) is 4.90 Å². The molecule has 1 aliphatic heterocycles. The minimum Gasteiger partial charge on any atom is -0.278 e. The maximum atomic E-state index is 12.6. The van der Waals surface area contributed by atoms with Gasteiger partial charge in [0.25, 0.3) is 11.8 Å². The van der Waals surface area contributed by atoms with Crippen molar-refractivity contribution >= 4 is 58.3 Å². The van der Waals surface area contributed by atoms with Crippen molar-refractivity contribution in [2.45, 2.75) is 26.3 Å². The number of rotatable bonds is 4. The lowest BCUT2D eigenvalue weighted by Gasteiger charge is -2.15. The van der Waals surface area contributed by atoms with Gasteiger partial charge in [0.15, 0.2) is 0 Å². The number of imide groups is 1. The summed E-state index contributed by atoms with van der Waals surface area (Å²) < 4.78 is 0. The van der Waals surface area contributed by atoms with Crippen LogP contribution in [-0.4, -0.2) is 16.9 Å². The third-order valence-corrected chi connectivity index (χ3v) is 4.61. The van der Waals surface area contributed by atoms with Crippen molar-refractivity contribution in [1.29, 1.82) is 0 Å². The zero-order chi connectivity index (χ0) is 17.1. The first kappa shape index (κ1) is 19.7. The lowest BCUT2D eigenvalue weighted by atomic mass is 10.00. The summed E-state index contributed by atoms with van der Waals surface area (Å²) >= 11 is 1.48. The molecule has 0 aromatic heterocycles. The van der Waals surface area contributed by atoms with E-state index in [9.17, 15) is 9.59 Å². The number of anilines is 1. The van der Waals surface area contributed by atoms with Gasteiger partial charge in [0.05, 0.1) is 17.3 Å². The number of benzene rings is 1. The van der Waals surface area contributed by atoms with Crippen molar-refractivity contribution < 1.29 is 9.59 Å². The molecule has 0 atom stereocenters. The number of aliphatic imine (C=N–C) groups is 1. The molecule has 3 rings (SSSR count). The van der Waals surface area contributed by atoms with Gasteiger partial charge in [-0.1, -0.05) is 42.6 Å². The van der Waals surface area contributed by atoms with E-state index < -0.39 is 0 Å². The highest BCUT2D eigenvalue weighted by molar-refractivity contribution is 14.0. The third-order valence-electron chi connectivity index (χ3n) is 3.97. The maximum Gasteiger partial charge on any atom is 0.265 e. The molecular formula is C19H19IN2O2S. The standard InChI is InChI=1S/C19H18N2O2S.HI/c1-3-24-13(2)20-12-14-7-6-8-15(11-14)21-18(22)16-9-4-5-10-17(16)19(21)23;/h3-4,6-9,11H,1,5,10,12H2,2H3;1H. The molecule has 0 saturated carbocycles. The molecule has 1 aromatic carbocycles. The topological polar surface area (TPSA) is 49.7 Å². The second kappa shape index (κ2) is 8.62. The van der Waals surface area contributed by atoms with E-state index in [0.29, 0.717) is 29.8 Å². The summed E-state index contributed by atoms with van der Waals surface area (Å²) in [6.07, 6.45) is 5.15. The highest BCUT2D eigenvalue weighted by Gasteiger charge is 2.38. The van der Waals surface area contributed by atoms with E-state index >= 15 is 0 Å². The Morgan fingerprint density at radius 3 is 2.88 bits per heavy atom. The van der Waals surface area contributed by atoms with Gasteiger partial charge in [0.1, 0.15) is 0 Å². The molecule has 0 N–H and O–H groups in total. The number of halogens is 1. The lowest BCUT2D eigenvalue weighted by molar-refractivity contribution is -0.120. The van der Waals surface area contributed by atoms with Crippen LogP contribution in [0.4, 0.5) is 5.69 Å². The zero-order valence-corrected chi connectivity index (χ0v) is 17.0. The number of carbonyl (C=O) groups excluding carboxylic acids is 2. The molecule has 0 unspecified atom stereocenters. The second-order valence-electron chi connectivity index (χ2n) is 5.57. The Balaban J connectivity index is 0.00000225. The Hall–Kier alpha value is -1.67. The molecule has 1 heterocycles. The number of hydrogen-bond donors (Lipinski definition) is 0. The average Bonchev–Trinajstić information content (AvgIpc) is 2.85. The number of thioether (sulfide) groups is 1. The van der Waals surface area contributed by atoms with Crippen molar-refractivity contribution in [3.05, 3.63) is 65.1 Å². The van der Waals surface area contributed by atoms with Crippen LogP contribution < -0.4 is 4.90 Å². The molecule has 0 bridgehead atoms. The summed E-state index contributed by atoms with van der Waals surface area (Å²) in [6, 6.07) is 7.44. The van der Waals surface area contributed by atoms with Crippen LogP contribution in [0, 0.1) is 0 Å². The van der Waals surface area contributed by atoms with E-state index in [1.807, 2.05) is 31.2 Å². The first-order valence-corrected chi connectivity index (χ1v) is 8.66.